The molecule has 0 aliphatic heterocycles. The van der Waals surface area contributed by atoms with Crippen molar-refractivity contribution in [2.45, 2.75) is 12.5 Å². The number of nitrogens with zero attached hydrogens (tertiary/aromatic N) is 2. The Labute approximate surface area is 154 Å². The fraction of sp³-hybridized carbons (Fsp3) is 0.158. The predicted octanol–water partition coefficient (Wildman–Crippen LogP) is 3.13. The van der Waals surface area contributed by atoms with E-state index in [1.165, 1.54) is 24.5 Å². The summed E-state index contributed by atoms with van der Waals surface area (Å²) in [6, 6.07) is 10.8. The smallest absolute Gasteiger partial charge is 0.307 e. The number of para-hydroxylation sites is 2. The zero-order chi connectivity index (χ0) is 18.4. The van der Waals surface area contributed by atoms with Gasteiger partial charge in [-0.15, -0.1) is 11.3 Å². The Morgan fingerprint density at radius 1 is 1.23 bits per heavy atom. The lowest BCUT2D eigenvalue weighted by Gasteiger charge is -2.15. The molecule has 2 aromatic heterocycles. The first kappa shape index (κ1) is 17.8. The van der Waals surface area contributed by atoms with E-state index >= 15 is 0 Å². The van der Waals surface area contributed by atoms with Gasteiger partial charge in [-0.25, -0.2) is 4.98 Å². The number of aromatic nitrogens is 2. The van der Waals surface area contributed by atoms with E-state index in [2.05, 4.69) is 15.3 Å². The molecule has 132 valence electrons. The number of hydrogen-bond acceptors (Lipinski definition) is 6. The van der Waals surface area contributed by atoms with Crippen molar-refractivity contribution in [3.63, 3.8) is 0 Å². The number of benzene rings is 1. The van der Waals surface area contributed by atoms with Crippen molar-refractivity contribution in [2.24, 2.45) is 0 Å². The molecule has 0 saturated carbocycles. The van der Waals surface area contributed by atoms with Gasteiger partial charge in [-0.05, 0) is 29.7 Å². The summed E-state index contributed by atoms with van der Waals surface area (Å²) in [5.74, 6) is -0.699. The van der Waals surface area contributed by atoms with E-state index in [9.17, 15) is 9.59 Å². The topological polar surface area (TPSA) is 81.2 Å². The molecule has 0 saturated heterocycles. The second-order valence-electron chi connectivity index (χ2n) is 5.47. The number of esters is 1. The molecule has 7 heteroatoms. The van der Waals surface area contributed by atoms with Crippen molar-refractivity contribution in [3.8, 4) is 0 Å². The lowest BCUT2D eigenvalue weighted by atomic mass is 10.1. The molecule has 1 aromatic carbocycles. The summed E-state index contributed by atoms with van der Waals surface area (Å²) in [7, 11) is 1.33. The van der Waals surface area contributed by atoms with Crippen LogP contribution in [0.2, 0.25) is 0 Å². The first-order chi connectivity index (χ1) is 12.7. The van der Waals surface area contributed by atoms with Gasteiger partial charge in [-0.1, -0.05) is 18.2 Å². The fourth-order valence-electron chi connectivity index (χ4n) is 2.40. The van der Waals surface area contributed by atoms with Crippen LogP contribution < -0.4 is 5.32 Å². The van der Waals surface area contributed by atoms with Crippen molar-refractivity contribution in [3.05, 3.63) is 64.6 Å². The number of fused-ring (bicyclic) bond motifs is 1. The van der Waals surface area contributed by atoms with Gasteiger partial charge in [0.2, 0.25) is 5.91 Å². The first-order valence-electron chi connectivity index (χ1n) is 7.96. The Hall–Kier alpha value is -3.06. The van der Waals surface area contributed by atoms with Crippen molar-refractivity contribution in [1.82, 2.24) is 15.3 Å². The zero-order valence-electron chi connectivity index (χ0n) is 14.1. The average Bonchev–Trinajstić information content (AvgIpc) is 3.20. The van der Waals surface area contributed by atoms with Crippen LogP contribution in [0.4, 0.5) is 0 Å². The Morgan fingerprint density at radius 2 is 2.04 bits per heavy atom. The van der Waals surface area contributed by atoms with E-state index in [-0.39, 0.29) is 18.3 Å². The molecule has 0 aliphatic carbocycles. The molecule has 1 unspecified atom stereocenters. The predicted molar refractivity (Wildman–Crippen MR) is 100 cm³/mol. The number of carbonyl (C=O) groups excluding carboxylic acids is 2. The molecule has 0 bridgehead atoms. The second kappa shape index (κ2) is 8.35. The Balaban J connectivity index is 1.70. The normalized spacial score (nSPS) is 12.2. The summed E-state index contributed by atoms with van der Waals surface area (Å²) < 4.78 is 4.71. The van der Waals surface area contributed by atoms with E-state index in [1.54, 1.807) is 12.3 Å². The molecule has 1 amide bonds. The number of thiophene rings is 1. The molecule has 6 nitrogen and oxygen atoms in total. The molecule has 0 spiro atoms. The SMILES string of the molecule is COC(=O)CC(NC(=O)/C=C/c1cnc2ccccc2n1)c1cccs1. The van der Waals surface area contributed by atoms with Gasteiger partial charge in [0.1, 0.15) is 0 Å². The van der Waals surface area contributed by atoms with Crippen molar-refractivity contribution in [1.29, 1.82) is 0 Å². The van der Waals surface area contributed by atoms with E-state index in [0.29, 0.717) is 5.69 Å². The summed E-state index contributed by atoms with van der Waals surface area (Å²) in [5, 5.41) is 4.72. The maximum atomic E-state index is 12.3. The van der Waals surface area contributed by atoms with Crippen molar-refractivity contribution < 1.29 is 14.3 Å². The fourth-order valence-corrected chi connectivity index (χ4v) is 3.17. The van der Waals surface area contributed by atoms with Crippen molar-refractivity contribution in [2.75, 3.05) is 7.11 Å². The van der Waals surface area contributed by atoms with E-state index in [1.807, 2.05) is 41.8 Å². The quantitative estimate of drug-likeness (QED) is 0.535. The Kier molecular flexibility index (Phi) is 5.70. The van der Waals surface area contributed by atoms with Crippen LogP contribution >= 0.6 is 11.3 Å². The second-order valence-corrected chi connectivity index (χ2v) is 6.45. The minimum atomic E-state index is -0.428. The Morgan fingerprint density at radius 3 is 2.77 bits per heavy atom. The highest BCUT2D eigenvalue weighted by atomic mass is 32.1. The summed E-state index contributed by atoms with van der Waals surface area (Å²) >= 11 is 1.47. The average molecular weight is 367 g/mol. The lowest BCUT2D eigenvalue weighted by molar-refractivity contribution is -0.141. The van der Waals surface area contributed by atoms with Crippen LogP contribution in [0.1, 0.15) is 23.0 Å². The lowest BCUT2D eigenvalue weighted by Crippen LogP contribution is -2.28. The molecule has 0 radical (unpaired) electrons. The van der Waals surface area contributed by atoms with Gasteiger partial charge in [-0.2, -0.15) is 0 Å². The van der Waals surface area contributed by atoms with Crippen LogP contribution in [-0.2, 0) is 14.3 Å². The number of nitrogens with one attached hydrogen (secondary N) is 1. The molecule has 1 N–H and O–H groups in total. The largest absolute Gasteiger partial charge is 0.469 e. The summed E-state index contributed by atoms with van der Waals surface area (Å²) in [6.45, 7) is 0. The van der Waals surface area contributed by atoms with E-state index in [0.717, 1.165) is 15.9 Å². The van der Waals surface area contributed by atoms with Crippen LogP contribution in [0.15, 0.2) is 54.1 Å². The van der Waals surface area contributed by atoms with Crippen LogP contribution in [0.3, 0.4) is 0 Å². The highest BCUT2D eigenvalue weighted by Crippen LogP contribution is 2.22. The molecular formula is C19H17N3O3S. The highest BCUT2D eigenvalue weighted by molar-refractivity contribution is 7.10. The minimum absolute atomic E-state index is 0.0758. The summed E-state index contributed by atoms with van der Waals surface area (Å²) in [5.41, 5.74) is 2.14. The monoisotopic (exact) mass is 367 g/mol. The van der Waals surface area contributed by atoms with Crippen LogP contribution in [0.5, 0.6) is 0 Å². The van der Waals surface area contributed by atoms with Gasteiger partial charge in [0.05, 0.1) is 42.5 Å². The van der Waals surface area contributed by atoms with Gasteiger partial charge in [-0.3, -0.25) is 14.6 Å². The van der Waals surface area contributed by atoms with E-state index < -0.39 is 6.04 Å². The summed E-state index contributed by atoms with van der Waals surface area (Å²) in [4.78, 5) is 33.5. The highest BCUT2D eigenvalue weighted by Gasteiger charge is 2.18. The minimum Gasteiger partial charge on any atom is -0.469 e. The number of amides is 1. The number of rotatable bonds is 6. The zero-order valence-corrected chi connectivity index (χ0v) is 14.9. The van der Waals surface area contributed by atoms with E-state index in [4.69, 9.17) is 4.74 Å². The van der Waals surface area contributed by atoms with Gasteiger partial charge < -0.3 is 10.1 Å². The van der Waals surface area contributed by atoms with Gasteiger partial charge >= 0.3 is 5.97 Å². The van der Waals surface area contributed by atoms with Gasteiger partial charge in [0, 0.05) is 11.0 Å². The maximum absolute atomic E-state index is 12.3. The number of methoxy groups -OCH3 is 1. The van der Waals surface area contributed by atoms with Gasteiger partial charge in [0.15, 0.2) is 0 Å². The molecule has 1 atom stereocenters. The third kappa shape index (κ3) is 4.52. The molecule has 3 rings (SSSR count). The molecule has 2 heterocycles. The third-order valence-corrected chi connectivity index (χ3v) is 4.66. The van der Waals surface area contributed by atoms with Crippen LogP contribution in [-0.4, -0.2) is 29.0 Å². The Bertz CT molecular complexity index is 938. The number of hydrogen-bond donors (Lipinski definition) is 1. The number of carbonyl (C=O) groups is 2. The molecular weight excluding hydrogens is 350 g/mol. The molecule has 3 aromatic rings. The van der Waals surface area contributed by atoms with Crippen LogP contribution in [0, 0.1) is 0 Å². The molecule has 0 aliphatic rings. The molecule has 26 heavy (non-hydrogen) atoms. The third-order valence-electron chi connectivity index (χ3n) is 3.67. The maximum Gasteiger partial charge on any atom is 0.307 e. The summed E-state index contributed by atoms with van der Waals surface area (Å²) in [6.07, 6.45) is 4.67. The van der Waals surface area contributed by atoms with Crippen molar-refractivity contribution >= 4 is 40.3 Å². The van der Waals surface area contributed by atoms with Gasteiger partial charge in [0.25, 0.3) is 0 Å². The number of ether oxygens (including phenoxy) is 1. The first-order valence-corrected chi connectivity index (χ1v) is 8.84. The molecule has 0 fully saturated rings. The van der Waals surface area contributed by atoms with Crippen LogP contribution in [0.25, 0.3) is 17.1 Å². The standard InChI is InChI=1S/C19H17N3O3S/c1-25-19(24)11-16(17-7-4-10-26-17)22-18(23)9-8-13-12-20-14-5-2-3-6-15(14)21-13/h2-10,12,16H,11H2,1H3,(H,22,23)/b9-8+.